The van der Waals surface area contributed by atoms with Gasteiger partial charge < -0.3 is 19.5 Å². The average molecular weight is 349 g/mol. The second-order valence-corrected chi connectivity index (χ2v) is 5.66. The minimum absolute atomic E-state index is 0.0394. The lowest BCUT2D eigenvalue weighted by Gasteiger charge is -2.16. The number of aromatic nitrogens is 1. The van der Waals surface area contributed by atoms with Crippen LogP contribution < -0.4 is 14.8 Å². The summed E-state index contributed by atoms with van der Waals surface area (Å²) in [6.45, 7) is 1.20. The maximum absolute atomic E-state index is 12.4. The van der Waals surface area contributed by atoms with Gasteiger partial charge >= 0.3 is 0 Å². The molecule has 6 nitrogen and oxygen atoms in total. The van der Waals surface area contributed by atoms with Gasteiger partial charge in [0.15, 0.2) is 17.3 Å². The van der Waals surface area contributed by atoms with Crippen LogP contribution in [0.3, 0.4) is 0 Å². The molecule has 1 amide bonds. The number of hydrogen-bond donors (Lipinski definition) is 1. The Morgan fingerprint density at radius 2 is 2.25 bits per heavy atom. The summed E-state index contributed by atoms with van der Waals surface area (Å²) >= 11 is 6.01. The van der Waals surface area contributed by atoms with E-state index in [-0.39, 0.29) is 12.0 Å². The van der Waals surface area contributed by atoms with E-state index < -0.39 is 0 Å². The number of carbonyl (C=O) groups is 1. The van der Waals surface area contributed by atoms with E-state index in [0.29, 0.717) is 41.1 Å². The van der Waals surface area contributed by atoms with Gasteiger partial charge in [-0.1, -0.05) is 11.6 Å². The molecule has 1 fully saturated rings. The Kier molecular flexibility index (Phi) is 5.17. The number of nitrogens with one attached hydrogen (secondary N) is 1. The maximum atomic E-state index is 12.4. The molecule has 1 aliphatic heterocycles. The van der Waals surface area contributed by atoms with Gasteiger partial charge in [0.05, 0.1) is 25.3 Å². The van der Waals surface area contributed by atoms with E-state index in [1.165, 1.54) is 0 Å². The van der Waals surface area contributed by atoms with Crippen molar-refractivity contribution in [2.24, 2.45) is 0 Å². The summed E-state index contributed by atoms with van der Waals surface area (Å²) in [4.78, 5) is 16.5. The van der Waals surface area contributed by atoms with Crippen LogP contribution in [0.5, 0.6) is 11.5 Å². The second kappa shape index (κ2) is 7.51. The highest BCUT2D eigenvalue weighted by Gasteiger charge is 2.20. The Labute approximate surface area is 144 Å². The highest BCUT2D eigenvalue weighted by atomic mass is 35.5. The van der Waals surface area contributed by atoms with Crippen molar-refractivity contribution in [3.63, 3.8) is 0 Å². The number of amides is 1. The quantitative estimate of drug-likeness (QED) is 0.898. The van der Waals surface area contributed by atoms with Crippen LogP contribution in [0, 0.1) is 0 Å². The fraction of sp³-hybridized carbons (Fsp3) is 0.294. The van der Waals surface area contributed by atoms with Crippen molar-refractivity contribution < 1.29 is 19.0 Å². The number of halogens is 1. The number of carbonyl (C=O) groups excluding carboxylic acids is 1. The first-order chi connectivity index (χ1) is 11.7. The van der Waals surface area contributed by atoms with Gasteiger partial charge in [-0.2, -0.15) is 0 Å². The van der Waals surface area contributed by atoms with Crippen molar-refractivity contribution in [3.05, 3.63) is 47.1 Å². The summed E-state index contributed by atoms with van der Waals surface area (Å²) in [6.07, 6.45) is 2.33. The zero-order valence-corrected chi connectivity index (χ0v) is 13.9. The summed E-state index contributed by atoms with van der Waals surface area (Å²) in [5.41, 5.74) is 0.423. The van der Waals surface area contributed by atoms with Crippen LogP contribution in [0.2, 0.25) is 5.02 Å². The lowest BCUT2D eigenvalue weighted by Crippen LogP contribution is -2.17. The fourth-order valence-corrected chi connectivity index (χ4v) is 2.52. The van der Waals surface area contributed by atoms with Crippen LogP contribution in [0.25, 0.3) is 0 Å². The molecule has 0 bridgehead atoms. The van der Waals surface area contributed by atoms with Crippen LogP contribution >= 0.6 is 11.6 Å². The molecule has 1 N–H and O–H groups in total. The number of nitrogens with zero attached hydrogens (tertiary/aromatic N) is 1. The number of ether oxygens (including phenoxy) is 3. The predicted octanol–water partition coefficient (Wildman–Crippen LogP) is 3.16. The topological polar surface area (TPSA) is 69.7 Å². The molecule has 24 heavy (non-hydrogen) atoms. The molecule has 1 aliphatic rings. The number of rotatable bonds is 5. The highest BCUT2D eigenvalue weighted by molar-refractivity contribution is 6.33. The van der Waals surface area contributed by atoms with E-state index in [2.05, 4.69) is 10.3 Å². The normalized spacial score (nSPS) is 16.7. The fourth-order valence-electron chi connectivity index (χ4n) is 2.35. The van der Waals surface area contributed by atoms with Gasteiger partial charge in [-0.3, -0.25) is 4.79 Å². The lowest BCUT2D eigenvalue weighted by atomic mass is 10.2. The van der Waals surface area contributed by atoms with E-state index in [0.717, 1.165) is 6.42 Å². The molecule has 3 rings (SSSR count). The molecular weight excluding hydrogens is 332 g/mol. The van der Waals surface area contributed by atoms with Crippen molar-refractivity contribution >= 4 is 23.3 Å². The third kappa shape index (κ3) is 3.77. The van der Waals surface area contributed by atoms with Crippen molar-refractivity contribution in [2.75, 3.05) is 25.6 Å². The molecule has 0 spiro atoms. The molecule has 2 aromatic rings. The molecular formula is C17H17ClN2O4. The standard InChI is InChI=1S/C17H17ClN2O4/c1-22-14-5-4-11(9-15(14)24-12-6-8-23-10-12)17(21)20-16-13(18)3-2-7-19-16/h2-5,7,9,12H,6,8,10H2,1H3,(H,19,20,21). The van der Waals surface area contributed by atoms with E-state index in [4.69, 9.17) is 25.8 Å². The van der Waals surface area contributed by atoms with Crippen molar-refractivity contribution in [3.8, 4) is 11.5 Å². The Hall–Kier alpha value is -2.31. The molecule has 1 aromatic carbocycles. The van der Waals surface area contributed by atoms with Crippen LogP contribution in [0.15, 0.2) is 36.5 Å². The molecule has 126 valence electrons. The van der Waals surface area contributed by atoms with E-state index >= 15 is 0 Å². The van der Waals surface area contributed by atoms with E-state index in [1.807, 2.05) is 0 Å². The SMILES string of the molecule is COc1ccc(C(=O)Nc2ncccc2Cl)cc1OC1CCOC1. The zero-order valence-electron chi connectivity index (χ0n) is 13.1. The van der Waals surface area contributed by atoms with Gasteiger partial charge in [-0.05, 0) is 30.3 Å². The van der Waals surface area contributed by atoms with Gasteiger partial charge in [0, 0.05) is 18.2 Å². The maximum Gasteiger partial charge on any atom is 0.256 e. The van der Waals surface area contributed by atoms with Crippen LogP contribution in [-0.2, 0) is 4.74 Å². The first-order valence-electron chi connectivity index (χ1n) is 7.51. The molecule has 1 aromatic heterocycles. The van der Waals surface area contributed by atoms with Gasteiger partial charge in [-0.15, -0.1) is 0 Å². The number of anilines is 1. The largest absolute Gasteiger partial charge is 0.493 e. The Morgan fingerprint density at radius 1 is 1.38 bits per heavy atom. The minimum atomic E-state index is -0.328. The summed E-state index contributed by atoms with van der Waals surface area (Å²) in [5, 5.41) is 3.06. The van der Waals surface area contributed by atoms with Gasteiger partial charge in [0.1, 0.15) is 6.10 Å². The zero-order chi connectivity index (χ0) is 16.9. The van der Waals surface area contributed by atoms with E-state index in [1.54, 1.807) is 43.6 Å². The molecule has 0 saturated carbocycles. The Morgan fingerprint density at radius 3 is 2.96 bits per heavy atom. The summed E-state index contributed by atoms with van der Waals surface area (Å²) in [6, 6.07) is 8.35. The monoisotopic (exact) mass is 348 g/mol. The summed E-state index contributed by atoms with van der Waals surface area (Å²) < 4.78 is 16.5. The number of hydrogen-bond acceptors (Lipinski definition) is 5. The Bertz CT molecular complexity index is 732. The predicted molar refractivity (Wildman–Crippen MR) is 90.0 cm³/mol. The first kappa shape index (κ1) is 16.5. The van der Waals surface area contributed by atoms with Crippen molar-refractivity contribution in [2.45, 2.75) is 12.5 Å². The van der Waals surface area contributed by atoms with Gasteiger partial charge in [0.2, 0.25) is 0 Å². The Balaban J connectivity index is 1.79. The lowest BCUT2D eigenvalue weighted by molar-refractivity contribution is 0.102. The molecule has 1 atom stereocenters. The average Bonchev–Trinajstić information content (AvgIpc) is 3.10. The van der Waals surface area contributed by atoms with Crippen LogP contribution in [0.1, 0.15) is 16.8 Å². The summed E-state index contributed by atoms with van der Waals surface area (Å²) in [5.74, 6) is 1.06. The molecule has 1 unspecified atom stereocenters. The second-order valence-electron chi connectivity index (χ2n) is 5.26. The smallest absolute Gasteiger partial charge is 0.256 e. The molecule has 2 heterocycles. The van der Waals surface area contributed by atoms with Crippen LogP contribution in [-0.4, -0.2) is 37.3 Å². The van der Waals surface area contributed by atoms with Gasteiger partial charge in [0.25, 0.3) is 5.91 Å². The van der Waals surface area contributed by atoms with Crippen LogP contribution in [0.4, 0.5) is 5.82 Å². The molecule has 1 saturated heterocycles. The van der Waals surface area contributed by atoms with Crippen molar-refractivity contribution in [1.29, 1.82) is 0 Å². The molecule has 0 radical (unpaired) electrons. The van der Waals surface area contributed by atoms with Crippen molar-refractivity contribution in [1.82, 2.24) is 4.98 Å². The number of methoxy groups -OCH3 is 1. The van der Waals surface area contributed by atoms with E-state index in [9.17, 15) is 4.79 Å². The third-order valence-corrected chi connectivity index (χ3v) is 3.90. The number of benzene rings is 1. The number of pyridine rings is 1. The summed E-state index contributed by atoms with van der Waals surface area (Å²) in [7, 11) is 1.56. The first-order valence-corrected chi connectivity index (χ1v) is 7.89. The highest BCUT2D eigenvalue weighted by Crippen LogP contribution is 2.30. The van der Waals surface area contributed by atoms with Gasteiger partial charge in [-0.25, -0.2) is 4.98 Å². The molecule has 0 aliphatic carbocycles. The third-order valence-electron chi connectivity index (χ3n) is 3.60. The molecule has 7 heteroatoms. The minimum Gasteiger partial charge on any atom is -0.493 e.